The third kappa shape index (κ3) is 6.07. The molecule has 0 radical (unpaired) electrons. The number of benzene rings is 2. The Morgan fingerprint density at radius 1 is 0.976 bits per heavy atom. The fourth-order valence-electron chi connectivity index (χ4n) is 4.91. The van der Waals surface area contributed by atoms with Crippen molar-refractivity contribution in [1.82, 2.24) is 15.0 Å². The number of amides is 1. The largest absolute Gasteiger partial charge is 0.359 e. The van der Waals surface area contributed by atoms with Gasteiger partial charge in [-0.1, -0.05) is 17.3 Å². The molecule has 1 amide bonds. The maximum absolute atomic E-state index is 13.8. The molecule has 1 fully saturated rings. The summed E-state index contributed by atoms with van der Waals surface area (Å²) in [5.74, 6) is -0.546. The lowest BCUT2D eigenvalue weighted by Gasteiger charge is -2.32. The van der Waals surface area contributed by atoms with Crippen LogP contribution in [0.25, 0.3) is 0 Å². The first-order valence-electron chi connectivity index (χ1n) is 13.1. The molecule has 2 aromatic carbocycles. The van der Waals surface area contributed by atoms with Crippen LogP contribution in [0.15, 0.2) is 64.3 Å². The number of carbonyl (C=O) groups excluding carboxylic acids is 1. The summed E-state index contributed by atoms with van der Waals surface area (Å²) >= 11 is 0. The zero-order chi connectivity index (χ0) is 29.3. The quantitative estimate of drug-likeness (QED) is 0.282. The molecule has 9 nitrogen and oxygen atoms in total. The fourth-order valence-corrected chi connectivity index (χ4v) is 6.04. The van der Waals surface area contributed by atoms with Crippen LogP contribution in [0.2, 0.25) is 0 Å². The van der Waals surface area contributed by atoms with E-state index in [0.29, 0.717) is 48.6 Å². The van der Waals surface area contributed by atoms with Gasteiger partial charge in [-0.05, 0) is 81.0 Å². The number of likely N-dealkylation sites (tertiary alicyclic amines) is 1. The predicted molar refractivity (Wildman–Crippen MR) is 150 cm³/mol. The van der Waals surface area contributed by atoms with Crippen LogP contribution in [0.4, 0.5) is 25.8 Å². The van der Waals surface area contributed by atoms with Crippen molar-refractivity contribution >= 4 is 33.0 Å². The minimum absolute atomic E-state index is 0.172. The second kappa shape index (κ2) is 11.3. The number of pyridine rings is 1. The van der Waals surface area contributed by atoms with Crippen molar-refractivity contribution in [2.75, 3.05) is 23.1 Å². The van der Waals surface area contributed by atoms with Gasteiger partial charge in [0, 0.05) is 31.0 Å². The normalized spacial score (nSPS) is 14.2. The minimum atomic E-state index is -4.18. The number of hydrogen-bond acceptors (Lipinski definition) is 7. The summed E-state index contributed by atoms with van der Waals surface area (Å²) < 4.78 is 61.1. The van der Waals surface area contributed by atoms with Gasteiger partial charge in [0.05, 0.1) is 11.3 Å². The molecule has 0 spiro atoms. The molecule has 2 aromatic heterocycles. The number of rotatable bonds is 7. The predicted octanol–water partition coefficient (Wildman–Crippen LogP) is 5.84. The molecule has 0 saturated carbocycles. The maximum atomic E-state index is 13.8. The standard InChI is InChI=1S/C29H29F2N5O4S/c1-17-14-23(31)8-9-25(17)33-26-15-27(41(38,39)35-28-18(2)34-40-19(28)3)32-16-24(26)29(37)36-12-10-21(11-13-36)20-4-6-22(30)7-5-20/h4-9,14-16,21,35H,10-13H2,1-3H3,(H,32,33). The van der Waals surface area contributed by atoms with E-state index >= 15 is 0 Å². The Morgan fingerprint density at radius 3 is 2.29 bits per heavy atom. The smallest absolute Gasteiger partial charge is 0.279 e. The molecule has 0 aliphatic carbocycles. The van der Waals surface area contributed by atoms with Crippen molar-refractivity contribution in [2.24, 2.45) is 0 Å². The molecule has 1 aliphatic heterocycles. The molecule has 1 aliphatic rings. The molecule has 0 bridgehead atoms. The van der Waals surface area contributed by atoms with Gasteiger partial charge >= 0.3 is 0 Å². The number of carbonyl (C=O) groups is 1. The Morgan fingerprint density at radius 2 is 1.66 bits per heavy atom. The van der Waals surface area contributed by atoms with E-state index < -0.39 is 15.8 Å². The van der Waals surface area contributed by atoms with Crippen LogP contribution in [0.1, 0.15) is 51.7 Å². The Bertz CT molecular complexity index is 1680. The molecule has 4 aromatic rings. The second-order valence-corrected chi connectivity index (χ2v) is 11.7. The summed E-state index contributed by atoms with van der Waals surface area (Å²) in [4.78, 5) is 19.5. The third-order valence-corrected chi connectivity index (χ3v) is 8.48. The van der Waals surface area contributed by atoms with Crippen LogP contribution in [0, 0.1) is 32.4 Å². The molecule has 3 heterocycles. The molecule has 12 heteroatoms. The molecule has 0 atom stereocenters. The molecular weight excluding hydrogens is 552 g/mol. The third-order valence-electron chi connectivity index (χ3n) is 7.24. The van der Waals surface area contributed by atoms with Crippen LogP contribution in [-0.2, 0) is 10.0 Å². The van der Waals surface area contributed by atoms with Crippen LogP contribution < -0.4 is 10.0 Å². The molecule has 5 rings (SSSR count). The van der Waals surface area contributed by atoms with Crippen molar-refractivity contribution in [3.8, 4) is 0 Å². The molecule has 2 N–H and O–H groups in total. The van der Waals surface area contributed by atoms with Crippen molar-refractivity contribution < 1.29 is 26.5 Å². The van der Waals surface area contributed by atoms with Crippen LogP contribution in [-0.4, -0.2) is 42.5 Å². The number of sulfonamides is 1. The van der Waals surface area contributed by atoms with E-state index in [1.54, 1.807) is 37.8 Å². The monoisotopic (exact) mass is 581 g/mol. The summed E-state index contributed by atoms with van der Waals surface area (Å²) in [5, 5.41) is 6.55. The summed E-state index contributed by atoms with van der Waals surface area (Å²) in [6, 6.07) is 11.8. The average molecular weight is 582 g/mol. The molecule has 41 heavy (non-hydrogen) atoms. The maximum Gasteiger partial charge on any atom is 0.279 e. The Hall–Kier alpha value is -4.32. The van der Waals surface area contributed by atoms with E-state index in [-0.39, 0.29) is 39.6 Å². The molecule has 0 unspecified atom stereocenters. The van der Waals surface area contributed by atoms with Crippen LogP contribution >= 0.6 is 0 Å². The molecule has 1 saturated heterocycles. The lowest BCUT2D eigenvalue weighted by molar-refractivity contribution is 0.0713. The number of piperidine rings is 1. The topological polar surface area (TPSA) is 117 Å². The Balaban J connectivity index is 1.44. The van der Waals surface area contributed by atoms with E-state index in [0.717, 1.165) is 5.56 Å². The lowest BCUT2D eigenvalue weighted by Crippen LogP contribution is -2.38. The van der Waals surface area contributed by atoms with E-state index in [1.165, 1.54) is 42.6 Å². The van der Waals surface area contributed by atoms with Gasteiger partial charge in [0.2, 0.25) is 0 Å². The first-order valence-corrected chi connectivity index (χ1v) is 14.5. The van der Waals surface area contributed by atoms with E-state index in [1.807, 2.05) is 0 Å². The van der Waals surface area contributed by atoms with Gasteiger partial charge in [-0.25, -0.2) is 13.8 Å². The number of hydrogen-bond donors (Lipinski definition) is 2. The van der Waals surface area contributed by atoms with Gasteiger partial charge in [-0.2, -0.15) is 8.42 Å². The van der Waals surface area contributed by atoms with Crippen molar-refractivity contribution in [1.29, 1.82) is 0 Å². The summed E-state index contributed by atoms with van der Waals surface area (Å²) in [6.45, 7) is 5.81. The highest BCUT2D eigenvalue weighted by Crippen LogP contribution is 2.32. The number of halogens is 2. The van der Waals surface area contributed by atoms with Gasteiger partial charge in [0.1, 0.15) is 23.0 Å². The number of aromatic nitrogens is 2. The summed E-state index contributed by atoms with van der Waals surface area (Å²) in [6.07, 6.45) is 2.62. The second-order valence-electron chi connectivity index (χ2n) is 10.1. The zero-order valence-electron chi connectivity index (χ0n) is 22.7. The Kier molecular flexibility index (Phi) is 7.76. The number of nitrogens with zero attached hydrogens (tertiary/aromatic N) is 3. The minimum Gasteiger partial charge on any atom is -0.359 e. The van der Waals surface area contributed by atoms with Gasteiger partial charge in [0.15, 0.2) is 10.8 Å². The highest BCUT2D eigenvalue weighted by atomic mass is 32.2. The first kappa shape index (κ1) is 28.2. The SMILES string of the molecule is Cc1cc(F)ccc1Nc1cc(S(=O)(=O)Nc2c(C)noc2C)ncc1C(=O)N1CCC(c2ccc(F)cc2)CC1. The lowest BCUT2D eigenvalue weighted by atomic mass is 9.89. The summed E-state index contributed by atoms with van der Waals surface area (Å²) in [5.41, 5.74) is 3.05. The molecular formula is C29H29F2N5O4S. The van der Waals surface area contributed by atoms with Gasteiger partial charge in [-0.15, -0.1) is 0 Å². The fraction of sp³-hybridized carbons (Fsp3) is 0.276. The van der Waals surface area contributed by atoms with Crippen LogP contribution in [0.3, 0.4) is 0 Å². The van der Waals surface area contributed by atoms with E-state index in [9.17, 15) is 22.0 Å². The average Bonchev–Trinajstić information content (AvgIpc) is 3.26. The summed E-state index contributed by atoms with van der Waals surface area (Å²) in [7, 11) is -4.18. The highest BCUT2D eigenvalue weighted by Gasteiger charge is 2.28. The van der Waals surface area contributed by atoms with Crippen molar-refractivity contribution in [3.63, 3.8) is 0 Å². The van der Waals surface area contributed by atoms with E-state index in [4.69, 9.17) is 4.52 Å². The Labute approximate surface area is 236 Å². The molecule has 214 valence electrons. The van der Waals surface area contributed by atoms with Gasteiger partial charge in [0.25, 0.3) is 15.9 Å². The zero-order valence-corrected chi connectivity index (χ0v) is 23.6. The van der Waals surface area contributed by atoms with Crippen molar-refractivity contribution in [3.05, 3.63) is 94.5 Å². The van der Waals surface area contributed by atoms with Crippen LogP contribution in [0.5, 0.6) is 0 Å². The van der Waals surface area contributed by atoms with E-state index in [2.05, 4.69) is 20.2 Å². The van der Waals surface area contributed by atoms with Gasteiger partial charge < -0.3 is 14.7 Å². The van der Waals surface area contributed by atoms with Gasteiger partial charge in [-0.3, -0.25) is 9.52 Å². The number of anilines is 3. The van der Waals surface area contributed by atoms with Crippen molar-refractivity contribution in [2.45, 2.75) is 44.6 Å². The highest BCUT2D eigenvalue weighted by molar-refractivity contribution is 7.92. The number of nitrogens with one attached hydrogen (secondary N) is 2. The first-order chi connectivity index (χ1) is 19.5. The number of aryl methyl sites for hydroxylation is 3.